The Morgan fingerprint density at radius 2 is 1.81 bits per heavy atom. The van der Waals surface area contributed by atoms with E-state index >= 15 is 0 Å². The maximum Gasteiger partial charge on any atom is 0.323 e. The summed E-state index contributed by atoms with van der Waals surface area (Å²) in [4.78, 5) is 24.0. The summed E-state index contributed by atoms with van der Waals surface area (Å²) < 4.78 is 13.5. The van der Waals surface area contributed by atoms with Crippen molar-refractivity contribution in [2.24, 2.45) is 0 Å². The first-order valence-electron chi connectivity index (χ1n) is 6.74. The smallest absolute Gasteiger partial charge is 0.323 e. The van der Waals surface area contributed by atoms with Gasteiger partial charge in [-0.15, -0.1) is 0 Å². The molecule has 1 rings (SSSR count). The van der Waals surface area contributed by atoms with Crippen molar-refractivity contribution < 1.29 is 19.1 Å². The van der Waals surface area contributed by atoms with Gasteiger partial charge in [-0.3, -0.25) is 4.79 Å². The molecule has 0 aliphatic heterocycles. The fraction of sp³-hybridized carbons (Fsp3) is 0.467. The lowest BCUT2D eigenvalue weighted by Crippen LogP contribution is -2.46. The number of benzene rings is 1. The molecule has 2 amide bonds. The average molecular weight is 296 g/mol. The van der Waals surface area contributed by atoms with Crippen LogP contribution in [0.1, 0.15) is 30.5 Å². The van der Waals surface area contributed by atoms with Crippen LogP contribution in [0.5, 0.6) is 0 Å². The lowest BCUT2D eigenvalue weighted by molar-refractivity contribution is -0.138. The van der Waals surface area contributed by atoms with Gasteiger partial charge in [-0.2, -0.15) is 0 Å². The van der Waals surface area contributed by atoms with Gasteiger partial charge in [-0.05, 0) is 44.4 Å². The van der Waals surface area contributed by atoms with Gasteiger partial charge in [0.05, 0.1) is 0 Å². The normalized spacial score (nSPS) is 10.6. The van der Waals surface area contributed by atoms with Crippen LogP contribution in [-0.2, 0) is 11.3 Å². The van der Waals surface area contributed by atoms with Gasteiger partial charge in [0.15, 0.2) is 0 Å². The molecule has 116 valence electrons. The van der Waals surface area contributed by atoms with Crippen molar-refractivity contribution in [1.82, 2.24) is 10.2 Å². The number of carbonyl (C=O) groups excluding carboxylic acids is 1. The van der Waals surface area contributed by atoms with Crippen LogP contribution in [0.2, 0.25) is 0 Å². The Morgan fingerprint density at radius 1 is 1.29 bits per heavy atom. The summed E-state index contributed by atoms with van der Waals surface area (Å²) in [6.07, 6.45) is 0. The van der Waals surface area contributed by atoms with E-state index in [1.807, 2.05) is 0 Å². The van der Waals surface area contributed by atoms with Gasteiger partial charge >= 0.3 is 12.0 Å². The van der Waals surface area contributed by atoms with E-state index in [-0.39, 0.29) is 24.9 Å². The number of carbonyl (C=O) groups is 2. The van der Waals surface area contributed by atoms with Crippen LogP contribution in [-0.4, -0.2) is 34.6 Å². The quantitative estimate of drug-likeness (QED) is 0.877. The molecule has 0 bridgehead atoms. The number of rotatable bonds is 5. The summed E-state index contributed by atoms with van der Waals surface area (Å²) >= 11 is 0. The number of carboxylic acid groups (broad SMARTS) is 1. The molecule has 6 heteroatoms. The predicted molar refractivity (Wildman–Crippen MR) is 77.6 cm³/mol. The molecule has 21 heavy (non-hydrogen) atoms. The van der Waals surface area contributed by atoms with E-state index in [0.717, 1.165) is 5.56 Å². The van der Waals surface area contributed by atoms with Crippen molar-refractivity contribution in [3.05, 3.63) is 34.6 Å². The SMILES string of the molecule is Cc1cc(CNC(=O)N(CC(=O)O)C(C)C)cc(C)c1F. The van der Waals surface area contributed by atoms with Gasteiger partial charge in [0.25, 0.3) is 0 Å². The van der Waals surface area contributed by atoms with Crippen molar-refractivity contribution >= 4 is 12.0 Å². The molecule has 0 unspecified atom stereocenters. The van der Waals surface area contributed by atoms with E-state index in [1.165, 1.54) is 4.90 Å². The predicted octanol–water partition coefficient (Wildman–Crippen LogP) is 2.45. The molecule has 0 fully saturated rings. The third-order valence-electron chi connectivity index (χ3n) is 3.13. The summed E-state index contributed by atoms with van der Waals surface area (Å²) in [5, 5.41) is 11.5. The third kappa shape index (κ3) is 4.73. The molecule has 0 atom stereocenters. The molecule has 0 aliphatic carbocycles. The molecule has 1 aromatic carbocycles. The number of carboxylic acids is 1. The topological polar surface area (TPSA) is 69.6 Å². The highest BCUT2D eigenvalue weighted by atomic mass is 19.1. The standard InChI is InChI=1S/C15H21FN2O3/c1-9(2)18(8-13(19)20)15(21)17-7-12-5-10(3)14(16)11(4)6-12/h5-6,9H,7-8H2,1-4H3,(H,17,21)(H,19,20). The summed E-state index contributed by atoms with van der Waals surface area (Å²) in [6, 6.07) is 2.66. The minimum atomic E-state index is -1.06. The second-order valence-corrected chi connectivity index (χ2v) is 5.32. The molecule has 0 saturated heterocycles. The van der Waals surface area contributed by atoms with E-state index in [2.05, 4.69) is 5.32 Å². The van der Waals surface area contributed by atoms with Gasteiger partial charge < -0.3 is 15.3 Å². The number of aryl methyl sites for hydroxylation is 2. The molecule has 0 saturated carbocycles. The average Bonchev–Trinajstić information content (AvgIpc) is 2.38. The fourth-order valence-corrected chi connectivity index (χ4v) is 2.05. The molecule has 5 nitrogen and oxygen atoms in total. The summed E-state index contributed by atoms with van der Waals surface area (Å²) in [7, 11) is 0. The van der Waals surface area contributed by atoms with Crippen LogP contribution < -0.4 is 5.32 Å². The lowest BCUT2D eigenvalue weighted by Gasteiger charge is -2.25. The van der Waals surface area contributed by atoms with Crippen molar-refractivity contribution in [3.63, 3.8) is 0 Å². The molecular weight excluding hydrogens is 275 g/mol. The van der Waals surface area contributed by atoms with Crippen molar-refractivity contribution in [2.45, 2.75) is 40.3 Å². The Morgan fingerprint density at radius 3 is 2.24 bits per heavy atom. The molecule has 0 heterocycles. The number of hydrogen-bond donors (Lipinski definition) is 2. The number of amides is 2. The van der Waals surface area contributed by atoms with E-state index in [0.29, 0.717) is 11.1 Å². The summed E-state index contributed by atoms with van der Waals surface area (Å²) in [5.41, 5.74) is 1.81. The maximum atomic E-state index is 13.5. The van der Waals surface area contributed by atoms with Crippen LogP contribution in [0, 0.1) is 19.7 Å². The fourth-order valence-electron chi connectivity index (χ4n) is 2.05. The van der Waals surface area contributed by atoms with Crippen LogP contribution in [0.3, 0.4) is 0 Å². The molecule has 0 aliphatic rings. The highest BCUT2D eigenvalue weighted by Gasteiger charge is 2.19. The number of urea groups is 1. The number of nitrogens with zero attached hydrogens (tertiary/aromatic N) is 1. The van der Waals surface area contributed by atoms with E-state index in [9.17, 15) is 14.0 Å². The Labute approximate surface area is 123 Å². The van der Waals surface area contributed by atoms with Gasteiger partial charge in [0.2, 0.25) is 0 Å². The zero-order chi connectivity index (χ0) is 16.2. The van der Waals surface area contributed by atoms with Gasteiger partial charge in [-0.1, -0.05) is 12.1 Å². The first kappa shape index (κ1) is 16.9. The lowest BCUT2D eigenvalue weighted by atomic mass is 10.1. The molecule has 0 spiro atoms. The van der Waals surface area contributed by atoms with Crippen LogP contribution in [0.25, 0.3) is 0 Å². The molecule has 0 aromatic heterocycles. The van der Waals surface area contributed by atoms with E-state index in [1.54, 1.807) is 39.8 Å². The maximum absolute atomic E-state index is 13.5. The van der Waals surface area contributed by atoms with E-state index in [4.69, 9.17) is 5.11 Å². The van der Waals surface area contributed by atoms with Crippen molar-refractivity contribution in [3.8, 4) is 0 Å². The second kappa shape index (κ2) is 7.06. The Bertz CT molecular complexity index is 521. The van der Waals surface area contributed by atoms with Gasteiger partial charge in [0.1, 0.15) is 12.4 Å². The second-order valence-electron chi connectivity index (χ2n) is 5.32. The molecule has 1 aromatic rings. The number of nitrogens with one attached hydrogen (secondary N) is 1. The minimum absolute atomic E-state index is 0.224. The van der Waals surface area contributed by atoms with Gasteiger partial charge in [0, 0.05) is 12.6 Å². The number of halogens is 1. The summed E-state index contributed by atoms with van der Waals surface area (Å²) in [5.74, 6) is -1.31. The highest BCUT2D eigenvalue weighted by Crippen LogP contribution is 2.14. The van der Waals surface area contributed by atoms with Crippen molar-refractivity contribution in [2.75, 3.05) is 6.54 Å². The summed E-state index contributed by atoms with van der Waals surface area (Å²) in [6.45, 7) is 6.69. The van der Waals surface area contributed by atoms with Crippen LogP contribution >= 0.6 is 0 Å². The van der Waals surface area contributed by atoms with Crippen LogP contribution in [0.15, 0.2) is 12.1 Å². The zero-order valence-corrected chi connectivity index (χ0v) is 12.7. The third-order valence-corrected chi connectivity index (χ3v) is 3.13. The monoisotopic (exact) mass is 296 g/mol. The van der Waals surface area contributed by atoms with Crippen LogP contribution in [0.4, 0.5) is 9.18 Å². The number of aliphatic carboxylic acids is 1. The molecule has 0 radical (unpaired) electrons. The first-order valence-corrected chi connectivity index (χ1v) is 6.74. The Hall–Kier alpha value is -2.11. The Balaban J connectivity index is 2.73. The van der Waals surface area contributed by atoms with E-state index < -0.39 is 12.0 Å². The molecular formula is C15H21FN2O3. The molecule has 2 N–H and O–H groups in total. The first-order chi connectivity index (χ1) is 9.72. The van der Waals surface area contributed by atoms with Crippen molar-refractivity contribution in [1.29, 1.82) is 0 Å². The Kier molecular flexibility index (Phi) is 5.69. The number of hydrogen-bond acceptors (Lipinski definition) is 2. The zero-order valence-electron chi connectivity index (χ0n) is 12.7. The van der Waals surface area contributed by atoms with Gasteiger partial charge in [-0.25, -0.2) is 9.18 Å². The minimum Gasteiger partial charge on any atom is -0.480 e. The largest absolute Gasteiger partial charge is 0.480 e. The highest BCUT2D eigenvalue weighted by molar-refractivity contribution is 5.80.